The van der Waals surface area contributed by atoms with Crippen LogP contribution in [0.1, 0.15) is 11.1 Å². The van der Waals surface area contributed by atoms with Gasteiger partial charge in [0, 0.05) is 12.5 Å². The zero-order valence-electron chi connectivity index (χ0n) is 9.86. The van der Waals surface area contributed by atoms with Crippen LogP contribution in [0.5, 0.6) is 5.75 Å². The molecule has 0 saturated carbocycles. The highest BCUT2D eigenvalue weighted by Crippen LogP contribution is 2.30. The monoisotopic (exact) mass is 370 g/mol. The number of fused-ring (bicyclic) bond motifs is 1. The van der Waals surface area contributed by atoms with E-state index < -0.39 is 0 Å². The first kappa shape index (κ1) is 12.2. The first-order valence-corrected chi connectivity index (χ1v) is 7.35. The number of ether oxygens (including phenoxy) is 1. The normalized spacial score (nSPS) is 17.6. The van der Waals surface area contributed by atoms with E-state index in [-0.39, 0.29) is 6.10 Å². The Morgan fingerprint density at radius 2 is 2.22 bits per heavy atom. The van der Waals surface area contributed by atoms with Crippen LogP contribution in [0.25, 0.3) is 0 Å². The molecule has 0 radical (unpaired) electrons. The molecule has 1 unspecified atom stereocenters. The van der Waals surface area contributed by atoms with Crippen molar-refractivity contribution in [2.24, 2.45) is 0 Å². The van der Waals surface area contributed by atoms with Gasteiger partial charge in [0.25, 0.3) is 0 Å². The highest BCUT2D eigenvalue weighted by molar-refractivity contribution is 9.11. The molecule has 0 bridgehead atoms. The van der Waals surface area contributed by atoms with Crippen molar-refractivity contribution in [1.82, 2.24) is 9.78 Å². The molecule has 1 aromatic heterocycles. The summed E-state index contributed by atoms with van der Waals surface area (Å²) < 4.78 is 9.64. The lowest BCUT2D eigenvalue weighted by molar-refractivity contribution is 0.202. The molecule has 0 fully saturated rings. The molecule has 3 nitrogen and oxygen atoms in total. The predicted molar refractivity (Wildman–Crippen MR) is 76.9 cm³/mol. The highest BCUT2D eigenvalue weighted by Gasteiger charge is 2.24. The number of nitrogens with zero attached hydrogens (tertiary/aromatic N) is 2. The summed E-state index contributed by atoms with van der Waals surface area (Å²) in [4.78, 5) is 0. The van der Waals surface area contributed by atoms with E-state index in [9.17, 15) is 0 Å². The van der Waals surface area contributed by atoms with Gasteiger partial charge in [-0.3, -0.25) is 4.68 Å². The Hall–Kier alpha value is -0.810. The van der Waals surface area contributed by atoms with Crippen LogP contribution in [0, 0.1) is 6.92 Å². The molecule has 0 aliphatic carbocycles. The summed E-state index contributed by atoms with van der Waals surface area (Å²) in [5, 5.41) is 4.36. The molecule has 94 valence electrons. The van der Waals surface area contributed by atoms with Crippen molar-refractivity contribution < 1.29 is 4.74 Å². The van der Waals surface area contributed by atoms with E-state index in [0.717, 1.165) is 27.9 Å². The van der Waals surface area contributed by atoms with Gasteiger partial charge in [-0.25, -0.2) is 0 Å². The average molecular weight is 372 g/mol. The highest BCUT2D eigenvalue weighted by atomic mass is 79.9. The number of aromatic nitrogens is 2. The summed E-state index contributed by atoms with van der Waals surface area (Å²) in [6.45, 7) is 2.86. The SMILES string of the molecule is Cc1ccc2c(c1)CC(Cn1nc(Br)cc1Br)O2. The minimum atomic E-state index is 0.157. The van der Waals surface area contributed by atoms with Crippen molar-refractivity contribution >= 4 is 31.9 Å². The molecule has 1 aliphatic heterocycles. The zero-order valence-corrected chi connectivity index (χ0v) is 13.0. The second-order valence-corrected chi connectivity index (χ2v) is 6.15. The molecule has 1 aromatic carbocycles. The van der Waals surface area contributed by atoms with Gasteiger partial charge in [0.05, 0.1) is 6.54 Å². The van der Waals surface area contributed by atoms with Crippen molar-refractivity contribution in [3.63, 3.8) is 0 Å². The fourth-order valence-electron chi connectivity index (χ4n) is 2.24. The van der Waals surface area contributed by atoms with E-state index in [2.05, 4.69) is 62.1 Å². The van der Waals surface area contributed by atoms with Crippen molar-refractivity contribution in [1.29, 1.82) is 0 Å². The Kier molecular flexibility index (Phi) is 3.20. The maximum absolute atomic E-state index is 5.93. The van der Waals surface area contributed by atoms with Crippen molar-refractivity contribution in [2.75, 3.05) is 0 Å². The van der Waals surface area contributed by atoms with Crippen molar-refractivity contribution in [3.8, 4) is 5.75 Å². The Morgan fingerprint density at radius 3 is 2.94 bits per heavy atom. The van der Waals surface area contributed by atoms with E-state index in [0.29, 0.717) is 0 Å². The Balaban J connectivity index is 1.76. The summed E-state index contributed by atoms with van der Waals surface area (Å²) in [7, 11) is 0. The molecule has 0 N–H and O–H groups in total. The largest absolute Gasteiger partial charge is 0.488 e. The van der Waals surface area contributed by atoms with Gasteiger partial charge >= 0.3 is 0 Å². The number of hydrogen-bond acceptors (Lipinski definition) is 2. The summed E-state index contributed by atoms with van der Waals surface area (Å²) in [6, 6.07) is 8.27. The molecule has 0 spiro atoms. The standard InChI is InChI=1S/C13H12Br2N2O/c1-8-2-3-11-9(4-8)5-10(18-11)7-17-13(15)6-12(14)16-17/h2-4,6,10H,5,7H2,1H3. The maximum atomic E-state index is 5.93. The van der Waals surface area contributed by atoms with Gasteiger partial charge in [0.2, 0.25) is 0 Å². The van der Waals surface area contributed by atoms with Gasteiger partial charge in [-0.15, -0.1) is 0 Å². The Bertz CT molecular complexity index is 595. The molecule has 18 heavy (non-hydrogen) atoms. The molecule has 0 saturated heterocycles. The smallest absolute Gasteiger partial charge is 0.129 e. The first-order valence-electron chi connectivity index (χ1n) is 5.77. The lowest BCUT2D eigenvalue weighted by atomic mass is 10.1. The van der Waals surface area contributed by atoms with E-state index in [1.807, 2.05) is 10.7 Å². The van der Waals surface area contributed by atoms with Crippen LogP contribution >= 0.6 is 31.9 Å². The summed E-state index contributed by atoms with van der Waals surface area (Å²) >= 11 is 6.85. The number of rotatable bonds is 2. The van der Waals surface area contributed by atoms with Crippen LogP contribution in [0.3, 0.4) is 0 Å². The van der Waals surface area contributed by atoms with Gasteiger partial charge in [0.1, 0.15) is 21.1 Å². The molecule has 5 heteroatoms. The second kappa shape index (κ2) is 4.70. The van der Waals surface area contributed by atoms with Crippen LogP contribution in [-0.2, 0) is 13.0 Å². The third-order valence-electron chi connectivity index (χ3n) is 3.03. The Labute approximate surface area is 122 Å². The van der Waals surface area contributed by atoms with E-state index in [1.165, 1.54) is 11.1 Å². The van der Waals surface area contributed by atoms with Crippen LogP contribution in [-0.4, -0.2) is 15.9 Å². The third-order valence-corrected chi connectivity index (χ3v) is 4.06. The predicted octanol–water partition coefficient (Wildman–Crippen LogP) is 3.72. The maximum Gasteiger partial charge on any atom is 0.129 e. The lowest BCUT2D eigenvalue weighted by Crippen LogP contribution is -2.21. The fourth-order valence-corrected chi connectivity index (χ4v) is 3.39. The zero-order chi connectivity index (χ0) is 12.7. The van der Waals surface area contributed by atoms with Gasteiger partial charge < -0.3 is 4.74 Å². The third kappa shape index (κ3) is 2.34. The topological polar surface area (TPSA) is 27.1 Å². The molecular formula is C13H12Br2N2O. The van der Waals surface area contributed by atoms with Crippen molar-refractivity contribution in [3.05, 3.63) is 44.6 Å². The van der Waals surface area contributed by atoms with E-state index in [4.69, 9.17) is 4.74 Å². The lowest BCUT2D eigenvalue weighted by Gasteiger charge is -2.11. The van der Waals surface area contributed by atoms with Gasteiger partial charge in [-0.05, 0) is 50.4 Å². The van der Waals surface area contributed by atoms with Gasteiger partial charge in [-0.2, -0.15) is 5.10 Å². The summed E-state index contributed by atoms with van der Waals surface area (Å²) in [5.74, 6) is 1.01. The van der Waals surface area contributed by atoms with Crippen LogP contribution in [0.4, 0.5) is 0 Å². The minimum Gasteiger partial charge on any atom is -0.488 e. The number of benzene rings is 1. The molecule has 0 amide bonds. The molecule has 3 rings (SSSR count). The molecule has 2 aromatic rings. The van der Waals surface area contributed by atoms with Crippen LogP contribution < -0.4 is 4.74 Å². The molecule has 2 heterocycles. The minimum absolute atomic E-state index is 0.157. The number of aryl methyl sites for hydroxylation is 1. The fraction of sp³-hybridized carbons (Fsp3) is 0.308. The van der Waals surface area contributed by atoms with Crippen LogP contribution in [0.15, 0.2) is 33.5 Å². The number of hydrogen-bond donors (Lipinski definition) is 0. The molecule has 1 atom stereocenters. The van der Waals surface area contributed by atoms with Gasteiger partial charge in [0.15, 0.2) is 0 Å². The first-order chi connectivity index (χ1) is 8.61. The Morgan fingerprint density at radius 1 is 1.39 bits per heavy atom. The molecule has 1 aliphatic rings. The second-order valence-electron chi connectivity index (χ2n) is 4.53. The van der Waals surface area contributed by atoms with E-state index >= 15 is 0 Å². The summed E-state index contributed by atoms with van der Waals surface area (Å²) in [5.41, 5.74) is 2.57. The van der Waals surface area contributed by atoms with E-state index in [1.54, 1.807) is 0 Å². The quantitative estimate of drug-likeness (QED) is 0.804. The number of halogens is 2. The summed E-state index contributed by atoms with van der Waals surface area (Å²) in [6.07, 6.45) is 1.10. The average Bonchev–Trinajstić information content (AvgIpc) is 2.82. The van der Waals surface area contributed by atoms with Crippen molar-refractivity contribution in [2.45, 2.75) is 26.0 Å². The van der Waals surface area contributed by atoms with Crippen LogP contribution in [0.2, 0.25) is 0 Å². The van der Waals surface area contributed by atoms with Gasteiger partial charge in [-0.1, -0.05) is 17.7 Å². The molecular weight excluding hydrogens is 360 g/mol.